The standard InChI is InChI=1S/C9H12N2OS/c1-7-8(6-12)10-9(13-7)11-4-2-3-5-11/h6H,2-5H2,1H3. The van der Waals surface area contributed by atoms with E-state index in [-0.39, 0.29) is 0 Å². The van der Waals surface area contributed by atoms with Gasteiger partial charge in [0.25, 0.3) is 0 Å². The second-order valence-electron chi connectivity index (χ2n) is 3.25. The zero-order valence-electron chi connectivity index (χ0n) is 7.62. The third-order valence-electron chi connectivity index (χ3n) is 2.31. The molecule has 1 aliphatic heterocycles. The molecular weight excluding hydrogens is 184 g/mol. The van der Waals surface area contributed by atoms with Crippen molar-refractivity contribution in [1.82, 2.24) is 4.98 Å². The van der Waals surface area contributed by atoms with Gasteiger partial charge in [0.15, 0.2) is 11.4 Å². The van der Waals surface area contributed by atoms with Crippen LogP contribution >= 0.6 is 11.3 Å². The van der Waals surface area contributed by atoms with E-state index in [1.807, 2.05) is 6.92 Å². The first-order chi connectivity index (χ1) is 6.31. The minimum Gasteiger partial charge on any atom is -0.348 e. The van der Waals surface area contributed by atoms with Crippen LogP contribution in [0.5, 0.6) is 0 Å². The molecule has 0 radical (unpaired) electrons. The number of hydrogen-bond acceptors (Lipinski definition) is 4. The molecule has 3 nitrogen and oxygen atoms in total. The van der Waals surface area contributed by atoms with Crippen LogP contribution in [0.3, 0.4) is 0 Å². The second-order valence-corrected chi connectivity index (χ2v) is 4.43. The average molecular weight is 196 g/mol. The highest BCUT2D eigenvalue weighted by Gasteiger charge is 2.16. The molecule has 1 aromatic rings. The van der Waals surface area contributed by atoms with Crippen molar-refractivity contribution < 1.29 is 4.79 Å². The molecule has 0 unspecified atom stereocenters. The normalized spacial score (nSPS) is 16.5. The van der Waals surface area contributed by atoms with Gasteiger partial charge in [0.05, 0.1) is 0 Å². The maximum Gasteiger partial charge on any atom is 0.186 e. The van der Waals surface area contributed by atoms with Crippen LogP contribution in [0.15, 0.2) is 0 Å². The molecule has 4 heteroatoms. The number of carbonyl (C=O) groups is 1. The maximum absolute atomic E-state index is 10.6. The van der Waals surface area contributed by atoms with Gasteiger partial charge < -0.3 is 4.90 Å². The number of aromatic nitrogens is 1. The van der Waals surface area contributed by atoms with Crippen LogP contribution in [-0.4, -0.2) is 24.4 Å². The highest BCUT2D eigenvalue weighted by atomic mass is 32.1. The Bertz CT molecular complexity index is 315. The summed E-state index contributed by atoms with van der Waals surface area (Å²) >= 11 is 1.62. The van der Waals surface area contributed by atoms with Crippen LogP contribution < -0.4 is 4.90 Å². The van der Waals surface area contributed by atoms with Gasteiger partial charge in [0.2, 0.25) is 0 Å². The van der Waals surface area contributed by atoms with Gasteiger partial charge in [-0.05, 0) is 19.8 Å². The third-order valence-corrected chi connectivity index (χ3v) is 3.36. The maximum atomic E-state index is 10.6. The van der Waals surface area contributed by atoms with Crippen molar-refractivity contribution in [2.75, 3.05) is 18.0 Å². The van der Waals surface area contributed by atoms with E-state index < -0.39 is 0 Å². The predicted octanol–water partition coefficient (Wildman–Crippen LogP) is 1.86. The lowest BCUT2D eigenvalue weighted by Crippen LogP contribution is -2.17. The fourth-order valence-electron chi connectivity index (χ4n) is 1.55. The molecule has 2 rings (SSSR count). The average Bonchev–Trinajstić information content (AvgIpc) is 2.71. The largest absolute Gasteiger partial charge is 0.348 e. The van der Waals surface area contributed by atoms with Gasteiger partial charge in [-0.2, -0.15) is 0 Å². The molecule has 0 saturated carbocycles. The lowest BCUT2D eigenvalue weighted by atomic mass is 10.4. The van der Waals surface area contributed by atoms with Crippen LogP contribution in [0.25, 0.3) is 0 Å². The Balaban J connectivity index is 2.24. The van der Waals surface area contributed by atoms with Crippen molar-refractivity contribution in [1.29, 1.82) is 0 Å². The van der Waals surface area contributed by atoms with Crippen LogP contribution in [0, 0.1) is 6.92 Å². The molecule has 0 aliphatic carbocycles. The number of aldehydes is 1. The zero-order chi connectivity index (χ0) is 9.26. The Morgan fingerprint density at radius 1 is 1.46 bits per heavy atom. The number of hydrogen-bond donors (Lipinski definition) is 0. The molecule has 1 fully saturated rings. The number of thiazole rings is 1. The van der Waals surface area contributed by atoms with Crippen molar-refractivity contribution >= 4 is 22.8 Å². The van der Waals surface area contributed by atoms with Crippen LogP contribution in [0.1, 0.15) is 28.2 Å². The highest BCUT2D eigenvalue weighted by molar-refractivity contribution is 7.15. The van der Waals surface area contributed by atoms with Gasteiger partial charge in [0.1, 0.15) is 5.69 Å². The van der Waals surface area contributed by atoms with Gasteiger partial charge in [0, 0.05) is 18.0 Å². The molecule has 1 saturated heterocycles. The summed E-state index contributed by atoms with van der Waals surface area (Å²) in [6, 6.07) is 0. The summed E-state index contributed by atoms with van der Waals surface area (Å²) in [5.74, 6) is 0. The molecule has 1 aliphatic rings. The quantitative estimate of drug-likeness (QED) is 0.677. The summed E-state index contributed by atoms with van der Waals surface area (Å²) in [6.45, 7) is 4.12. The summed E-state index contributed by atoms with van der Waals surface area (Å²) in [6.07, 6.45) is 3.33. The number of anilines is 1. The zero-order valence-corrected chi connectivity index (χ0v) is 8.43. The summed E-state index contributed by atoms with van der Waals surface area (Å²) in [5, 5.41) is 1.01. The van der Waals surface area contributed by atoms with Crippen molar-refractivity contribution in [3.8, 4) is 0 Å². The van der Waals surface area contributed by atoms with E-state index in [0.717, 1.165) is 29.4 Å². The Morgan fingerprint density at radius 2 is 2.15 bits per heavy atom. The highest BCUT2D eigenvalue weighted by Crippen LogP contribution is 2.27. The number of carbonyl (C=O) groups excluding carboxylic acids is 1. The molecule has 0 N–H and O–H groups in total. The smallest absolute Gasteiger partial charge is 0.186 e. The summed E-state index contributed by atoms with van der Waals surface area (Å²) in [4.78, 5) is 18.1. The number of rotatable bonds is 2. The van der Waals surface area contributed by atoms with E-state index in [9.17, 15) is 4.79 Å². The summed E-state index contributed by atoms with van der Waals surface area (Å²) in [7, 11) is 0. The van der Waals surface area contributed by atoms with E-state index >= 15 is 0 Å². The molecule has 13 heavy (non-hydrogen) atoms. The topological polar surface area (TPSA) is 33.2 Å². The van der Waals surface area contributed by atoms with Crippen molar-refractivity contribution in [3.63, 3.8) is 0 Å². The molecule has 70 valence electrons. The molecule has 0 aromatic carbocycles. The molecular formula is C9H12N2OS. The van der Waals surface area contributed by atoms with E-state index in [1.54, 1.807) is 11.3 Å². The molecule has 0 amide bonds. The first-order valence-corrected chi connectivity index (χ1v) is 5.30. The number of nitrogens with zero attached hydrogens (tertiary/aromatic N) is 2. The van der Waals surface area contributed by atoms with Gasteiger partial charge >= 0.3 is 0 Å². The minimum atomic E-state index is 0.604. The molecule has 1 aromatic heterocycles. The monoisotopic (exact) mass is 196 g/mol. The number of aryl methyl sites for hydroxylation is 1. The SMILES string of the molecule is Cc1sc(N2CCCC2)nc1C=O. The fraction of sp³-hybridized carbons (Fsp3) is 0.556. The molecule has 0 atom stereocenters. The van der Waals surface area contributed by atoms with Crippen molar-refractivity contribution in [3.05, 3.63) is 10.6 Å². The van der Waals surface area contributed by atoms with Gasteiger partial charge in [-0.3, -0.25) is 4.79 Å². The van der Waals surface area contributed by atoms with Crippen molar-refractivity contribution in [2.45, 2.75) is 19.8 Å². The van der Waals surface area contributed by atoms with Gasteiger partial charge in [-0.25, -0.2) is 4.98 Å². The Labute approximate surface area is 81.4 Å². The van der Waals surface area contributed by atoms with Gasteiger partial charge in [-0.1, -0.05) is 0 Å². The molecule has 2 heterocycles. The van der Waals surface area contributed by atoms with E-state index in [2.05, 4.69) is 9.88 Å². The van der Waals surface area contributed by atoms with Crippen LogP contribution in [0.4, 0.5) is 5.13 Å². The lowest BCUT2D eigenvalue weighted by Gasteiger charge is -2.11. The van der Waals surface area contributed by atoms with Gasteiger partial charge in [-0.15, -0.1) is 11.3 Å². The van der Waals surface area contributed by atoms with Crippen molar-refractivity contribution in [2.24, 2.45) is 0 Å². The van der Waals surface area contributed by atoms with Crippen LogP contribution in [0.2, 0.25) is 0 Å². The Hall–Kier alpha value is -0.900. The minimum absolute atomic E-state index is 0.604. The Kier molecular flexibility index (Phi) is 2.31. The lowest BCUT2D eigenvalue weighted by molar-refractivity contribution is 0.111. The first kappa shape index (κ1) is 8.69. The van der Waals surface area contributed by atoms with E-state index in [0.29, 0.717) is 5.69 Å². The Morgan fingerprint density at radius 3 is 2.69 bits per heavy atom. The van der Waals surface area contributed by atoms with E-state index in [1.165, 1.54) is 12.8 Å². The second kappa shape index (κ2) is 3.46. The summed E-state index contributed by atoms with van der Waals surface area (Å²) in [5.41, 5.74) is 0.604. The first-order valence-electron chi connectivity index (χ1n) is 4.49. The fourth-order valence-corrected chi connectivity index (χ4v) is 2.47. The summed E-state index contributed by atoms with van der Waals surface area (Å²) < 4.78 is 0. The molecule has 0 bridgehead atoms. The molecule has 0 spiro atoms. The van der Waals surface area contributed by atoms with Crippen LogP contribution in [-0.2, 0) is 0 Å². The van der Waals surface area contributed by atoms with E-state index in [4.69, 9.17) is 0 Å². The third kappa shape index (κ3) is 1.58. The predicted molar refractivity (Wildman–Crippen MR) is 53.7 cm³/mol.